The summed E-state index contributed by atoms with van der Waals surface area (Å²) in [5.74, 6) is -2.53. The average Bonchev–Trinajstić information content (AvgIpc) is 2.84. The zero-order valence-electron chi connectivity index (χ0n) is 21.8. The van der Waals surface area contributed by atoms with E-state index in [0.717, 1.165) is 18.2 Å². The molecule has 3 aromatic rings. The largest absolute Gasteiger partial charge is 0.481 e. The highest BCUT2D eigenvalue weighted by atomic mass is 35.5. The Morgan fingerprint density at radius 1 is 1.13 bits per heavy atom. The summed E-state index contributed by atoms with van der Waals surface area (Å²) in [4.78, 5) is 30.5. The van der Waals surface area contributed by atoms with Crippen molar-refractivity contribution in [3.05, 3.63) is 75.9 Å². The Morgan fingerprint density at radius 3 is 2.49 bits per heavy atom. The molecule has 0 aliphatic carbocycles. The van der Waals surface area contributed by atoms with Crippen molar-refractivity contribution in [2.45, 2.75) is 39.3 Å². The number of ether oxygens (including phenoxy) is 2. The number of carboxylic acid groups (broad SMARTS) is 1. The first kappa shape index (κ1) is 29.4. The van der Waals surface area contributed by atoms with Gasteiger partial charge in [-0.2, -0.15) is 0 Å². The maximum atomic E-state index is 14.4. The summed E-state index contributed by atoms with van der Waals surface area (Å²) in [5, 5.41) is 12.1. The number of benzene rings is 2. The van der Waals surface area contributed by atoms with Gasteiger partial charge in [0.05, 0.1) is 41.3 Å². The molecule has 0 aliphatic heterocycles. The Labute approximate surface area is 229 Å². The van der Waals surface area contributed by atoms with Crippen LogP contribution in [0, 0.1) is 11.6 Å². The number of hydrogen-bond donors (Lipinski definition) is 3. The molecule has 0 atom stereocenters. The molecule has 12 heteroatoms. The van der Waals surface area contributed by atoms with Gasteiger partial charge in [-0.05, 0) is 62.7 Å². The van der Waals surface area contributed by atoms with Crippen LogP contribution >= 0.6 is 11.6 Å². The summed E-state index contributed by atoms with van der Waals surface area (Å²) in [7, 11) is 1.47. The minimum Gasteiger partial charge on any atom is -0.481 e. The minimum atomic E-state index is -1.39. The van der Waals surface area contributed by atoms with Crippen LogP contribution in [0.4, 0.5) is 30.6 Å². The molecule has 0 radical (unpaired) electrons. The topological polar surface area (TPSA) is 127 Å². The number of nitrogens with zero attached hydrogens (tertiary/aromatic N) is 2. The van der Waals surface area contributed by atoms with Crippen LogP contribution in [0.15, 0.2) is 42.5 Å². The van der Waals surface area contributed by atoms with Crippen LogP contribution in [-0.2, 0) is 17.7 Å². The highest BCUT2D eigenvalue weighted by molar-refractivity contribution is 6.31. The van der Waals surface area contributed by atoms with Gasteiger partial charge in [0, 0.05) is 24.7 Å². The minimum absolute atomic E-state index is 0.0149. The Kier molecular flexibility index (Phi) is 9.18. The summed E-state index contributed by atoms with van der Waals surface area (Å²) in [6, 6.07) is 8.90. The first-order chi connectivity index (χ1) is 18.3. The zero-order chi connectivity index (χ0) is 28.9. The molecular formula is C27H29ClF2N4O5. The molecule has 1 heterocycles. The lowest BCUT2D eigenvalue weighted by atomic mass is 10.1. The fourth-order valence-electron chi connectivity index (χ4n) is 3.60. The van der Waals surface area contributed by atoms with E-state index in [0.29, 0.717) is 22.8 Å². The molecule has 0 saturated heterocycles. The third kappa shape index (κ3) is 7.93. The van der Waals surface area contributed by atoms with Gasteiger partial charge in [0.15, 0.2) is 0 Å². The number of pyridine rings is 1. The highest BCUT2D eigenvalue weighted by Crippen LogP contribution is 2.30. The second-order valence-electron chi connectivity index (χ2n) is 9.58. The molecule has 9 nitrogen and oxygen atoms in total. The molecule has 1 aromatic heterocycles. The first-order valence-corrected chi connectivity index (χ1v) is 12.2. The monoisotopic (exact) mass is 562 g/mol. The van der Waals surface area contributed by atoms with E-state index in [1.807, 2.05) is 0 Å². The predicted molar refractivity (Wildman–Crippen MR) is 144 cm³/mol. The molecule has 0 spiro atoms. The van der Waals surface area contributed by atoms with E-state index in [1.165, 1.54) is 24.1 Å². The third-order valence-corrected chi connectivity index (χ3v) is 5.74. The number of hydrogen-bond acceptors (Lipinski definition) is 7. The number of anilines is 3. The van der Waals surface area contributed by atoms with Gasteiger partial charge in [-0.1, -0.05) is 11.6 Å². The molecule has 39 heavy (non-hydrogen) atoms. The van der Waals surface area contributed by atoms with E-state index in [-0.39, 0.29) is 41.5 Å². The van der Waals surface area contributed by atoms with Crippen LogP contribution in [-0.4, -0.2) is 46.3 Å². The first-order valence-electron chi connectivity index (χ1n) is 11.8. The van der Waals surface area contributed by atoms with Gasteiger partial charge < -0.3 is 30.5 Å². The lowest BCUT2D eigenvalue weighted by Gasteiger charge is -2.28. The van der Waals surface area contributed by atoms with Crippen molar-refractivity contribution < 1.29 is 33.0 Å². The van der Waals surface area contributed by atoms with Gasteiger partial charge in [-0.3, -0.25) is 0 Å². The van der Waals surface area contributed by atoms with Gasteiger partial charge in [0.25, 0.3) is 0 Å². The van der Waals surface area contributed by atoms with Crippen LogP contribution < -0.4 is 15.8 Å². The van der Waals surface area contributed by atoms with Crippen LogP contribution in [0.5, 0.6) is 5.88 Å². The normalized spacial score (nSPS) is 11.2. The second-order valence-corrected chi connectivity index (χ2v) is 9.99. The fourth-order valence-corrected chi connectivity index (χ4v) is 3.76. The molecule has 3 rings (SSSR count). The van der Waals surface area contributed by atoms with Crippen molar-refractivity contribution in [2.75, 3.05) is 24.7 Å². The van der Waals surface area contributed by atoms with E-state index in [2.05, 4.69) is 10.3 Å². The molecule has 0 saturated carbocycles. The number of amides is 1. The number of aromatic carboxylic acids is 1. The zero-order valence-corrected chi connectivity index (χ0v) is 22.6. The van der Waals surface area contributed by atoms with E-state index < -0.39 is 29.3 Å². The number of halogens is 3. The highest BCUT2D eigenvalue weighted by Gasteiger charge is 2.24. The molecule has 0 fully saturated rings. The van der Waals surface area contributed by atoms with E-state index >= 15 is 0 Å². The van der Waals surface area contributed by atoms with Gasteiger partial charge >= 0.3 is 12.1 Å². The molecular weight excluding hydrogens is 534 g/mol. The van der Waals surface area contributed by atoms with Gasteiger partial charge in [0.2, 0.25) is 5.88 Å². The molecule has 1 amide bonds. The average molecular weight is 563 g/mol. The van der Waals surface area contributed by atoms with Gasteiger partial charge in [0.1, 0.15) is 17.2 Å². The summed E-state index contributed by atoms with van der Waals surface area (Å²) in [6.07, 6.45) is -0.438. The van der Waals surface area contributed by atoms with Crippen molar-refractivity contribution in [1.82, 2.24) is 9.88 Å². The van der Waals surface area contributed by atoms with Crippen LogP contribution in [0.3, 0.4) is 0 Å². The summed E-state index contributed by atoms with van der Waals surface area (Å²) >= 11 is 5.88. The van der Waals surface area contributed by atoms with E-state index in [4.69, 9.17) is 26.8 Å². The number of carbonyl (C=O) groups excluding carboxylic acids is 1. The summed E-state index contributed by atoms with van der Waals surface area (Å²) in [5.41, 5.74) is 6.31. The molecule has 2 aromatic carbocycles. The third-order valence-electron chi connectivity index (χ3n) is 5.45. The standard InChI is InChI=1S/C27H29ClF2N4O5/c1-27(2,3)39-26(37)34(10-9-22-20(31)6-8-24(33-22)38-4)14-15-11-16(29)5-7-21(15)32-23-13-18(28)19(30)12-17(23)25(35)36/h5-8,11-13,32H,9-10,14,31H2,1-4H3,(H,35,36). The summed E-state index contributed by atoms with van der Waals surface area (Å²) in [6.45, 7) is 5.11. The molecule has 4 N–H and O–H groups in total. The number of methoxy groups -OCH3 is 1. The number of carbonyl (C=O) groups is 2. The molecule has 0 bridgehead atoms. The Bertz CT molecular complexity index is 1380. The SMILES string of the molecule is COc1ccc(N)c(CCN(Cc2cc(F)ccc2Nc2cc(Cl)c(F)cc2C(=O)O)C(=O)OC(C)(C)C)n1. The molecule has 0 aliphatic rings. The van der Waals surface area contributed by atoms with Crippen LogP contribution in [0.2, 0.25) is 5.02 Å². The van der Waals surface area contributed by atoms with E-state index in [1.54, 1.807) is 32.9 Å². The van der Waals surface area contributed by atoms with Crippen molar-refractivity contribution in [1.29, 1.82) is 0 Å². The number of carboxylic acids is 1. The Balaban J connectivity index is 1.96. The quantitative estimate of drug-likeness (QED) is 0.289. The maximum absolute atomic E-state index is 14.4. The number of nitrogens with one attached hydrogen (secondary N) is 1. The lowest BCUT2D eigenvalue weighted by Crippen LogP contribution is -2.38. The van der Waals surface area contributed by atoms with Crippen molar-refractivity contribution in [3.63, 3.8) is 0 Å². The van der Waals surface area contributed by atoms with Crippen LogP contribution in [0.25, 0.3) is 0 Å². The Morgan fingerprint density at radius 2 is 1.85 bits per heavy atom. The number of aromatic nitrogens is 1. The summed E-state index contributed by atoms with van der Waals surface area (Å²) < 4.78 is 39.0. The lowest BCUT2D eigenvalue weighted by molar-refractivity contribution is 0.0235. The maximum Gasteiger partial charge on any atom is 0.410 e. The van der Waals surface area contributed by atoms with Crippen molar-refractivity contribution >= 4 is 40.7 Å². The van der Waals surface area contributed by atoms with E-state index in [9.17, 15) is 23.5 Å². The number of nitrogens with two attached hydrogens (primary N) is 1. The van der Waals surface area contributed by atoms with Gasteiger partial charge in [-0.15, -0.1) is 0 Å². The number of rotatable bonds is 9. The van der Waals surface area contributed by atoms with Crippen molar-refractivity contribution in [3.8, 4) is 5.88 Å². The smallest absolute Gasteiger partial charge is 0.410 e. The van der Waals surface area contributed by atoms with Crippen LogP contribution in [0.1, 0.15) is 42.4 Å². The predicted octanol–water partition coefficient (Wildman–Crippen LogP) is 6.03. The number of nitrogen functional groups attached to an aromatic ring is 1. The van der Waals surface area contributed by atoms with Gasteiger partial charge in [-0.25, -0.2) is 23.4 Å². The van der Waals surface area contributed by atoms with Crippen molar-refractivity contribution in [2.24, 2.45) is 0 Å². The molecule has 0 unspecified atom stereocenters. The fraction of sp³-hybridized carbons (Fsp3) is 0.296. The Hall–Kier alpha value is -4.12. The second kappa shape index (κ2) is 12.2. The molecule has 208 valence electrons.